The standard InChI is InChI=1S/C10H20N6/c1-3-11-10-15-7-8(16(10)2)6-14-9-12-4-5-13-9/h8H,3-7H2,1-2H3,(H,11,15)(H2,12,13,14). The van der Waals surface area contributed by atoms with Crippen molar-refractivity contribution in [2.45, 2.75) is 13.0 Å². The Labute approximate surface area is 96.2 Å². The van der Waals surface area contributed by atoms with Gasteiger partial charge < -0.3 is 20.9 Å². The second-order valence-electron chi connectivity index (χ2n) is 4.00. The normalized spacial score (nSPS) is 23.9. The minimum Gasteiger partial charge on any atom is -0.357 e. The van der Waals surface area contributed by atoms with Crippen LogP contribution in [0.25, 0.3) is 0 Å². The van der Waals surface area contributed by atoms with Crippen LogP contribution in [-0.2, 0) is 0 Å². The van der Waals surface area contributed by atoms with Crippen LogP contribution in [0.1, 0.15) is 6.92 Å². The molecular formula is C10H20N6. The van der Waals surface area contributed by atoms with Gasteiger partial charge in [0.05, 0.1) is 19.1 Å². The molecule has 0 bridgehead atoms. The number of nitrogens with zero attached hydrogens (tertiary/aromatic N) is 3. The van der Waals surface area contributed by atoms with Crippen molar-refractivity contribution in [2.75, 3.05) is 39.8 Å². The Kier molecular flexibility index (Phi) is 3.48. The average Bonchev–Trinajstić information content (AvgIpc) is 2.89. The smallest absolute Gasteiger partial charge is 0.194 e. The van der Waals surface area contributed by atoms with Crippen molar-refractivity contribution < 1.29 is 0 Å². The lowest BCUT2D eigenvalue weighted by Gasteiger charge is -2.23. The van der Waals surface area contributed by atoms with Crippen LogP contribution in [0.3, 0.4) is 0 Å². The zero-order valence-electron chi connectivity index (χ0n) is 9.95. The Bertz CT molecular complexity index is 298. The highest BCUT2D eigenvalue weighted by molar-refractivity contribution is 5.83. The Hall–Kier alpha value is -1.46. The van der Waals surface area contributed by atoms with E-state index < -0.39 is 0 Å². The molecule has 2 aliphatic heterocycles. The lowest BCUT2D eigenvalue weighted by atomic mass is 10.3. The van der Waals surface area contributed by atoms with Crippen LogP contribution in [0.15, 0.2) is 9.98 Å². The molecule has 6 nitrogen and oxygen atoms in total. The summed E-state index contributed by atoms with van der Waals surface area (Å²) in [6.07, 6.45) is 0. The molecule has 0 aromatic carbocycles. The Morgan fingerprint density at radius 1 is 1.44 bits per heavy atom. The number of aliphatic imine (C=N–C) groups is 2. The van der Waals surface area contributed by atoms with Crippen molar-refractivity contribution in [3.63, 3.8) is 0 Å². The van der Waals surface area contributed by atoms with Gasteiger partial charge in [0, 0.05) is 26.7 Å². The Morgan fingerprint density at radius 3 is 3.00 bits per heavy atom. The van der Waals surface area contributed by atoms with Crippen molar-refractivity contribution >= 4 is 11.9 Å². The number of guanidine groups is 2. The summed E-state index contributed by atoms with van der Waals surface area (Å²) >= 11 is 0. The fourth-order valence-electron chi connectivity index (χ4n) is 1.87. The maximum atomic E-state index is 4.46. The van der Waals surface area contributed by atoms with Crippen molar-refractivity contribution in [3.05, 3.63) is 0 Å². The predicted molar refractivity (Wildman–Crippen MR) is 65.8 cm³/mol. The summed E-state index contributed by atoms with van der Waals surface area (Å²) in [6, 6.07) is 0.416. The van der Waals surface area contributed by atoms with Crippen LogP contribution >= 0.6 is 0 Å². The van der Waals surface area contributed by atoms with E-state index in [4.69, 9.17) is 0 Å². The van der Waals surface area contributed by atoms with Gasteiger partial charge in [0.15, 0.2) is 11.9 Å². The number of rotatable bonds is 3. The molecule has 1 unspecified atom stereocenters. The van der Waals surface area contributed by atoms with E-state index in [0.717, 1.165) is 44.6 Å². The van der Waals surface area contributed by atoms with Gasteiger partial charge in [-0.1, -0.05) is 0 Å². The largest absolute Gasteiger partial charge is 0.357 e. The van der Waals surface area contributed by atoms with E-state index >= 15 is 0 Å². The summed E-state index contributed by atoms with van der Waals surface area (Å²) in [5.41, 5.74) is 0. The molecule has 0 radical (unpaired) electrons. The maximum absolute atomic E-state index is 4.46. The van der Waals surface area contributed by atoms with E-state index in [-0.39, 0.29) is 0 Å². The van der Waals surface area contributed by atoms with Gasteiger partial charge in [-0.3, -0.25) is 9.98 Å². The molecule has 2 aliphatic rings. The third kappa shape index (κ3) is 2.37. The zero-order chi connectivity index (χ0) is 11.4. The second kappa shape index (κ2) is 5.05. The third-order valence-corrected chi connectivity index (χ3v) is 2.85. The zero-order valence-corrected chi connectivity index (χ0v) is 9.95. The van der Waals surface area contributed by atoms with Gasteiger partial charge in [-0.25, -0.2) is 0 Å². The lowest BCUT2D eigenvalue weighted by Crippen LogP contribution is -2.47. The maximum Gasteiger partial charge on any atom is 0.194 e. The van der Waals surface area contributed by atoms with E-state index in [1.54, 1.807) is 0 Å². The minimum absolute atomic E-state index is 0.416. The summed E-state index contributed by atoms with van der Waals surface area (Å²) < 4.78 is 0. The van der Waals surface area contributed by atoms with Crippen LogP contribution in [0.5, 0.6) is 0 Å². The monoisotopic (exact) mass is 224 g/mol. The van der Waals surface area contributed by atoms with Crippen molar-refractivity contribution in [3.8, 4) is 0 Å². The average molecular weight is 224 g/mol. The lowest BCUT2D eigenvalue weighted by molar-refractivity contribution is 0.390. The van der Waals surface area contributed by atoms with E-state index in [0.29, 0.717) is 6.04 Å². The first-order valence-electron chi connectivity index (χ1n) is 5.84. The molecule has 0 aliphatic carbocycles. The molecular weight excluding hydrogens is 204 g/mol. The first-order valence-corrected chi connectivity index (χ1v) is 5.84. The Morgan fingerprint density at radius 2 is 2.31 bits per heavy atom. The van der Waals surface area contributed by atoms with Gasteiger partial charge >= 0.3 is 0 Å². The minimum atomic E-state index is 0.416. The molecule has 6 heteroatoms. The van der Waals surface area contributed by atoms with Crippen molar-refractivity contribution in [2.24, 2.45) is 9.98 Å². The van der Waals surface area contributed by atoms with E-state index in [1.807, 2.05) is 0 Å². The summed E-state index contributed by atoms with van der Waals surface area (Å²) in [5, 5.41) is 9.77. The first-order chi connectivity index (χ1) is 7.81. The van der Waals surface area contributed by atoms with E-state index in [9.17, 15) is 0 Å². The van der Waals surface area contributed by atoms with Gasteiger partial charge in [-0.15, -0.1) is 0 Å². The second-order valence-corrected chi connectivity index (χ2v) is 4.00. The molecule has 2 rings (SSSR count). The summed E-state index contributed by atoms with van der Waals surface area (Å²) in [5.74, 6) is 1.92. The fraction of sp³-hybridized carbons (Fsp3) is 0.800. The quantitative estimate of drug-likeness (QED) is 0.564. The number of hydrogen-bond donors (Lipinski definition) is 3. The molecule has 0 saturated heterocycles. The molecule has 90 valence electrons. The molecule has 1 atom stereocenters. The molecule has 0 aromatic heterocycles. The number of likely N-dealkylation sites (N-methyl/N-ethyl adjacent to an activating group) is 1. The molecule has 0 fully saturated rings. The molecule has 3 N–H and O–H groups in total. The highest BCUT2D eigenvalue weighted by Crippen LogP contribution is 2.05. The molecule has 0 amide bonds. The summed E-state index contributed by atoms with van der Waals surface area (Å²) in [6.45, 7) is 6.54. The van der Waals surface area contributed by atoms with Gasteiger partial charge in [0.1, 0.15) is 0 Å². The van der Waals surface area contributed by atoms with Crippen LogP contribution < -0.4 is 16.0 Å². The van der Waals surface area contributed by atoms with Crippen molar-refractivity contribution in [1.82, 2.24) is 20.9 Å². The molecule has 0 aromatic rings. The van der Waals surface area contributed by atoms with Crippen molar-refractivity contribution in [1.29, 1.82) is 0 Å². The van der Waals surface area contributed by atoms with Crippen LogP contribution in [0, 0.1) is 0 Å². The van der Waals surface area contributed by atoms with Crippen LogP contribution in [-0.4, -0.2) is 62.6 Å². The molecule has 0 saturated carbocycles. The third-order valence-electron chi connectivity index (χ3n) is 2.85. The predicted octanol–water partition coefficient (Wildman–Crippen LogP) is -1.19. The first kappa shape index (κ1) is 11.0. The highest BCUT2D eigenvalue weighted by atomic mass is 15.4. The highest BCUT2D eigenvalue weighted by Gasteiger charge is 2.23. The van der Waals surface area contributed by atoms with Gasteiger partial charge in [-0.2, -0.15) is 0 Å². The SMILES string of the molecule is CCNC1=NCC(CNC2=NCCN2)N1C. The van der Waals surface area contributed by atoms with Gasteiger partial charge in [0.25, 0.3) is 0 Å². The van der Waals surface area contributed by atoms with Gasteiger partial charge in [-0.05, 0) is 6.92 Å². The summed E-state index contributed by atoms with van der Waals surface area (Å²) in [4.78, 5) is 11.0. The van der Waals surface area contributed by atoms with Crippen LogP contribution in [0.4, 0.5) is 0 Å². The molecule has 2 heterocycles. The Balaban J connectivity index is 1.76. The van der Waals surface area contributed by atoms with E-state index in [1.165, 1.54) is 0 Å². The molecule has 16 heavy (non-hydrogen) atoms. The number of hydrogen-bond acceptors (Lipinski definition) is 6. The van der Waals surface area contributed by atoms with E-state index in [2.05, 4.69) is 44.8 Å². The number of nitrogens with one attached hydrogen (secondary N) is 3. The van der Waals surface area contributed by atoms with Gasteiger partial charge in [0.2, 0.25) is 0 Å². The van der Waals surface area contributed by atoms with Crippen LogP contribution in [0.2, 0.25) is 0 Å². The topological polar surface area (TPSA) is 64.0 Å². The molecule has 0 spiro atoms. The fourth-order valence-corrected chi connectivity index (χ4v) is 1.87. The summed E-state index contributed by atoms with van der Waals surface area (Å²) in [7, 11) is 2.07.